The van der Waals surface area contributed by atoms with Crippen LogP contribution in [-0.2, 0) is 0 Å². The number of halogens is 3. The van der Waals surface area contributed by atoms with Gasteiger partial charge in [-0.25, -0.2) is 0 Å². The third-order valence-electron chi connectivity index (χ3n) is 3.07. The van der Waals surface area contributed by atoms with Gasteiger partial charge in [-0.1, -0.05) is 30.8 Å². The van der Waals surface area contributed by atoms with Gasteiger partial charge in [-0.2, -0.15) is 13.2 Å². The molecule has 3 heteroatoms. The monoisotopic (exact) mass is 253 g/mol. The number of hydrogen-bond acceptors (Lipinski definition) is 0. The van der Waals surface area contributed by atoms with Crippen LogP contribution in [0.15, 0.2) is 22.8 Å². The molecule has 1 fully saturated rings. The maximum absolute atomic E-state index is 13.0. The second-order valence-corrected chi connectivity index (χ2v) is 4.83. The Bertz CT molecular complexity index is 437. The molecule has 0 unspecified atom stereocenters. The summed E-state index contributed by atoms with van der Waals surface area (Å²) in [5.41, 5.74) is 0.446. The van der Waals surface area contributed by atoms with Gasteiger partial charge in [0.15, 0.2) is 0 Å². The fourth-order valence-corrected chi connectivity index (χ4v) is 1.94. The largest absolute Gasteiger partial charge is 0.417 e. The number of alkyl halides is 3. The van der Waals surface area contributed by atoms with Gasteiger partial charge >= 0.3 is 6.18 Å². The first kappa shape index (κ1) is 13.3. The zero-order valence-electron chi connectivity index (χ0n) is 10.4. The molecule has 0 aromatic carbocycles. The van der Waals surface area contributed by atoms with Crippen molar-refractivity contribution in [1.29, 1.82) is 0 Å². The normalized spacial score (nSPS) is 20.3. The Morgan fingerprint density at radius 2 is 2.06 bits per heavy atom. The molecule has 0 atom stereocenters. The fraction of sp³-hybridized carbons (Fsp3) is 0.533. The van der Waals surface area contributed by atoms with Crippen LogP contribution >= 0.6 is 0 Å². The molecule has 0 spiro atoms. The maximum atomic E-state index is 13.0. The minimum Gasteiger partial charge on any atom is -0.166 e. The van der Waals surface area contributed by atoms with Gasteiger partial charge in [-0.3, -0.25) is 0 Å². The quantitative estimate of drug-likeness (QED) is 0.631. The predicted octanol–water partition coefficient (Wildman–Crippen LogP) is 4.59. The average Bonchev–Trinajstić information content (AvgIpc) is 3.10. The molecular formula is C15H16F3. The Labute approximate surface area is 106 Å². The van der Waals surface area contributed by atoms with Crippen LogP contribution in [0, 0.1) is 24.2 Å². The Balaban J connectivity index is 2.28. The van der Waals surface area contributed by atoms with E-state index >= 15 is 0 Å². The molecule has 0 nitrogen and oxygen atoms in total. The van der Waals surface area contributed by atoms with Crippen LogP contribution in [0.5, 0.6) is 0 Å². The molecular weight excluding hydrogens is 237 g/mol. The molecule has 0 heterocycles. The number of hydrogen-bond donors (Lipinski definition) is 0. The zero-order chi connectivity index (χ0) is 13.2. The lowest BCUT2D eigenvalue weighted by molar-refractivity contribution is -0.0889. The van der Waals surface area contributed by atoms with Crippen LogP contribution in [0.3, 0.4) is 0 Å². The highest BCUT2D eigenvalue weighted by Gasteiger charge is 2.36. The summed E-state index contributed by atoms with van der Waals surface area (Å²) in [6.07, 6.45) is 2.86. The summed E-state index contributed by atoms with van der Waals surface area (Å²) in [5.74, 6) is 5.94. The summed E-state index contributed by atoms with van der Waals surface area (Å²) >= 11 is 0. The Hall–Kier alpha value is -1.17. The van der Waals surface area contributed by atoms with E-state index < -0.39 is 11.7 Å². The standard InChI is InChI=1S/C15H16F3/c1-2-3-12-7-9-13(8-6-11-4-5-11)14(10-12)15(16,17)18/h9-11H,2-5,7H2,1H3. The Kier molecular flexibility index (Phi) is 3.85. The van der Waals surface area contributed by atoms with Crippen LogP contribution in [0.25, 0.3) is 0 Å². The van der Waals surface area contributed by atoms with Gasteiger partial charge in [0.25, 0.3) is 0 Å². The van der Waals surface area contributed by atoms with Crippen molar-refractivity contribution in [2.24, 2.45) is 5.92 Å². The van der Waals surface area contributed by atoms with E-state index in [1.165, 1.54) is 6.08 Å². The van der Waals surface area contributed by atoms with E-state index in [9.17, 15) is 13.2 Å². The first-order valence-corrected chi connectivity index (χ1v) is 6.36. The maximum Gasteiger partial charge on any atom is 0.417 e. The molecule has 1 saturated carbocycles. The highest BCUT2D eigenvalue weighted by molar-refractivity contribution is 5.51. The third kappa shape index (κ3) is 3.41. The average molecular weight is 253 g/mol. The molecule has 97 valence electrons. The first-order chi connectivity index (χ1) is 8.50. The molecule has 0 bridgehead atoms. The second-order valence-electron chi connectivity index (χ2n) is 4.83. The fourth-order valence-electron chi connectivity index (χ4n) is 1.94. The van der Waals surface area contributed by atoms with Crippen molar-refractivity contribution in [3.63, 3.8) is 0 Å². The summed E-state index contributed by atoms with van der Waals surface area (Å²) in [6, 6.07) is 0. The minimum atomic E-state index is -4.30. The second kappa shape index (κ2) is 5.22. The lowest BCUT2D eigenvalue weighted by Crippen LogP contribution is -2.16. The van der Waals surface area contributed by atoms with E-state index in [0.29, 0.717) is 12.3 Å². The molecule has 18 heavy (non-hydrogen) atoms. The molecule has 0 aliphatic heterocycles. The summed E-state index contributed by atoms with van der Waals surface area (Å²) in [6.45, 7) is 1.97. The van der Waals surface area contributed by atoms with E-state index in [2.05, 4.69) is 11.8 Å². The molecule has 0 N–H and O–H groups in total. The van der Waals surface area contributed by atoms with Gasteiger partial charge in [-0.15, -0.1) is 0 Å². The molecule has 1 radical (unpaired) electrons. The smallest absolute Gasteiger partial charge is 0.166 e. The number of allylic oxidation sites excluding steroid dienone is 4. The van der Waals surface area contributed by atoms with Crippen molar-refractivity contribution in [3.05, 3.63) is 29.2 Å². The molecule has 2 aliphatic rings. The van der Waals surface area contributed by atoms with Crippen LogP contribution in [-0.4, -0.2) is 6.18 Å². The van der Waals surface area contributed by atoms with Gasteiger partial charge in [0.05, 0.1) is 5.57 Å². The lowest BCUT2D eigenvalue weighted by Gasteiger charge is -2.18. The Morgan fingerprint density at radius 1 is 1.33 bits per heavy atom. The highest BCUT2D eigenvalue weighted by Crippen LogP contribution is 2.36. The molecule has 2 aliphatic carbocycles. The zero-order valence-corrected chi connectivity index (χ0v) is 10.4. The lowest BCUT2D eigenvalue weighted by atomic mass is 9.90. The topological polar surface area (TPSA) is 0 Å². The van der Waals surface area contributed by atoms with E-state index in [-0.39, 0.29) is 5.57 Å². The van der Waals surface area contributed by atoms with Crippen molar-refractivity contribution in [1.82, 2.24) is 0 Å². The van der Waals surface area contributed by atoms with Gasteiger partial charge < -0.3 is 0 Å². The van der Waals surface area contributed by atoms with Crippen molar-refractivity contribution >= 4 is 0 Å². The van der Waals surface area contributed by atoms with Gasteiger partial charge in [0.2, 0.25) is 0 Å². The minimum absolute atomic E-state index is 0.161. The molecule has 2 rings (SSSR count). The molecule has 0 aromatic rings. The van der Waals surface area contributed by atoms with Crippen molar-refractivity contribution in [2.75, 3.05) is 0 Å². The molecule has 0 aromatic heterocycles. The summed E-state index contributed by atoms with van der Waals surface area (Å²) in [5, 5.41) is 0. The predicted molar refractivity (Wildman–Crippen MR) is 65.5 cm³/mol. The van der Waals surface area contributed by atoms with Gasteiger partial charge in [0.1, 0.15) is 0 Å². The summed E-state index contributed by atoms with van der Waals surface area (Å²) < 4.78 is 38.9. The highest BCUT2D eigenvalue weighted by atomic mass is 19.4. The van der Waals surface area contributed by atoms with E-state index in [4.69, 9.17) is 0 Å². The van der Waals surface area contributed by atoms with Gasteiger partial charge in [0, 0.05) is 17.9 Å². The van der Waals surface area contributed by atoms with Crippen molar-refractivity contribution in [3.8, 4) is 11.8 Å². The third-order valence-corrected chi connectivity index (χ3v) is 3.07. The molecule has 0 saturated heterocycles. The summed E-state index contributed by atoms with van der Waals surface area (Å²) in [7, 11) is 0. The van der Waals surface area contributed by atoms with Gasteiger partial charge in [-0.05, 0) is 31.8 Å². The number of rotatable bonds is 2. The van der Waals surface area contributed by atoms with Crippen LogP contribution in [0.1, 0.15) is 39.0 Å². The van der Waals surface area contributed by atoms with Crippen LogP contribution in [0.4, 0.5) is 13.2 Å². The first-order valence-electron chi connectivity index (χ1n) is 6.36. The van der Waals surface area contributed by atoms with E-state index in [0.717, 1.165) is 31.3 Å². The summed E-state index contributed by atoms with van der Waals surface area (Å²) in [4.78, 5) is 0. The van der Waals surface area contributed by atoms with Crippen LogP contribution < -0.4 is 0 Å². The van der Waals surface area contributed by atoms with E-state index in [1.54, 1.807) is 6.42 Å². The Morgan fingerprint density at radius 3 is 2.61 bits per heavy atom. The van der Waals surface area contributed by atoms with E-state index in [1.807, 2.05) is 6.92 Å². The van der Waals surface area contributed by atoms with Crippen molar-refractivity contribution in [2.45, 2.75) is 45.2 Å². The van der Waals surface area contributed by atoms with Crippen molar-refractivity contribution < 1.29 is 13.2 Å². The van der Waals surface area contributed by atoms with Crippen LogP contribution in [0.2, 0.25) is 0 Å². The molecule has 0 amide bonds. The SMILES string of the molecule is CCCC1=CC(C(F)(F)F)=C(C#CC2CC2)[CH]C1.